The molecule has 2 aromatic rings. The van der Waals surface area contributed by atoms with E-state index in [2.05, 4.69) is 9.82 Å². The number of sulfonamides is 1. The van der Waals surface area contributed by atoms with Crippen molar-refractivity contribution in [3.8, 4) is 0 Å². The summed E-state index contributed by atoms with van der Waals surface area (Å²) in [7, 11) is -4.24. The number of nitrogens with zero attached hydrogens (tertiary/aromatic N) is 2. The SMILES string of the molecule is O=S(=O)(NC1CC(O)C1n1cccn1)c1cccc(F)c1F. The number of aromatic nitrogens is 2. The van der Waals surface area contributed by atoms with Crippen molar-refractivity contribution in [3.63, 3.8) is 0 Å². The molecule has 3 rings (SSSR count). The molecule has 118 valence electrons. The Labute approximate surface area is 125 Å². The Bertz CT molecular complexity index is 780. The van der Waals surface area contributed by atoms with E-state index >= 15 is 0 Å². The third-order valence-corrected chi connectivity index (χ3v) is 5.15. The first kappa shape index (κ1) is 15.1. The number of rotatable bonds is 4. The van der Waals surface area contributed by atoms with E-state index in [1.165, 1.54) is 10.9 Å². The molecule has 2 N–H and O–H groups in total. The number of hydrogen-bond donors (Lipinski definition) is 2. The van der Waals surface area contributed by atoms with Gasteiger partial charge in [-0.3, -0.25) is 4.68 Å². The summed E-state index contributed by atoms with van der Waals surface area (Å²) in [5, 5.41) is 13.7. The molecule has 1 aliphatic carbocycles. The minimum absolute atomic E-state index is 0.167. The van der Waals surface area contributed by atoms with E-state index in [-0.39, 0.29) is 6.42 Å². The van der Waals surface area contributed by atoms with Crippen molar-refractivity contribution >= 4 is 10.0 Å². The Kier molecular flexibility index (Phi) is 3.71. The molecule has 1 saturated carbocycles. The summed E-state index contributed by atoms with van der Waals surface area (Å²) >= 11 is 0. The minimum Gasteiger partial charge on any atom is -0.391 e. The Morgan fingerprint density at radius 1 is 1.32 bits per heavy atom. The fourth-order valence-electron chi connectivity index (χ4n) is 2.50. The normalized spacial score (nSPS) is 25.0. The van der Waals surface area contributed by atoms with Crippen LogP contribution in [-0.2, 0) is 10.0 Å². The van der Waals surface area contributed by atoms with Gasteiger partial charge in [0.05, 0.1) is 12.1 Å². The monoisotopic (exact) mass is 329 g/mol. The minimum atomic E-state index is -4.24. The van der Waals surface area contributed by atoms with Gasteiger partial charge in [-0.25, -0.2) is 21.9 Å². The van der Waals surface area contributed by atoms with E-state index in [9.17, 15) is 22.3 Å². The topological polar surface area (TPSA) is 84.2 Å². The fraction of sp³-hybridized carbons (Fsp3) is 0.308. The van der Waals surface area contributed by atoms with E-state index in [1.54, 1.807) is 12.3 Å². The molecule has 1 aromatic carbocycles. The average Bonchev–Trinajstić information content (AvgIpc) is 2.94. The molecule has 22 heavy (non-hydrogen) atoms. The lowest BCUT2D eigenvalue weighted by atomic mass is 9.84. The van der Waals surface area contributed by atoms with Crippen LogP contribution in [0.1, 0.15) is 12.5 Å². The van der Waals surface area contributed by atoms with E-state index in [0.29, 0.717) is 0 Å². The van der Waals surface area contributed by atoms with Gasteiger partial charge in [-0.15, -0.1) is 0 Å². The van der Waals surface area contributed by atoms with Crippen molar-refractivity contribution < 1.29 is 22.3 Å². The number of aliphatic hydroxyl groups excluding tert-OH is 1. The molecule has 0 bridgehead atoms. The number of hydrogen-bond acceptors (Lipinski definition) is 4. The molecule has 3 atom stereocenters. The Morgan fingerprint density at radius 2 is 2.09 bits per heavy atom. The maximum Gasteiger partial charge on any atom is 0.243 e. The van der Waals surface area contributed by atoms with Crippen molar-refractivity contribution in [1.29, 1.82) is 0 Å². The summed E-state index contributed by atoms with van der Waals surface area (Å²) in [4.78, 5) is -0.756. The molecule has 0 aliphatic heterocycles. The van der Waals surface area contributed by atoms with Crippen LogP contribution in [0, 0.1) is 11.6 Å². The predicted molar refractivity (Wildman–Crippen MR) is 72.4 cm³/mol. The zero-order valence-corrected chi connectivity index (χ0v) is 12.0. The molecule has 0 spiro atoms. The predicted octanol–water partition coefficient (Wildman–Crippen LogP) is 0.814. The molecule has 0 amide bonds. The zero-order chi connectivity index (χ0) is 15.9. The van der Waals surface area contributed by atoms with Gasteiger partial charge in [0.25, 0.3) is 0 Å². The summed E-state index contributed by atoms with van der Waals surface area (Å²) in [6.07, 6.45) is 2.51. The highest BCUT2D eigenvalue weighted by molar-refractivity contribution is 7.89. The molecular formula is C13H13F2N3O3S. The lowest BCUT2D eigenvalue weighted by Crippen LogP contribution is -2.56. The van der Waals surface area contributed by atoms with E-state index in [0.717, 1.165) is 18.2 Å². The largest absolute Gasteiger partial charge is 0.391 e. The van der Waals surface area contributed by atoms with Crippen LogP contribution < -0.4 is 4.72 Å². The molecule has 0 saturated heterocycles. The number of benzene rings is 1. The summed E-state index contributed by atoms with van der Waals surface area (Å²) in [5.74, 6) is -2.66. The lowest BCUT2D eigenvalue weighted by molar-refractivity contribution is 0.000523. The molecule has 6 nitrogen and oxygen atoms in total. The fourth-order valence-corrected chi connectivity index (χ4v) is 3.85. The summed E-state index contributed by atoms with van der Waals surface area (Å²) in [6, 6.07) is 3.35. The Morgan fingerprint density at radius 3 is 2.73 bits per heavy atom. The first-order valence-corrected chi connectivity index (χ1v) is 8.02. The van der Waals surface area contributed by atoms with Gasteiger partial charge in [0, 0.05) is 18.4 Å². The van der Waals surface area contributed by atoms with Gasteiger partial charge in [-0.1, -0.05) is 6.07 Å². The van der Waals surface area contributed by atoms with Gasteiger partial charge in [-0.2, -0.15) is 5.10 Å². The van der Waals surface area contributed by atoms with Crippen molar-refractivity contribution in [2.24, 2.45) is 0 Å². The number of aliphatic hydroxyl groups is 1. The van der Waals surface area contributed by atoms with E-state index in [4.69, 9.17) is 0 Å². The number of halogens is 2. The smallest absolute Gasteiger partial charge is 0.243 e. The van der Waals surface area contributed by atoms with Crippen LogP contribution >= 0.6 is 0 Å². The third kappa shape index (κ3) is 2.51. The van der Waals surface area contributed by atoms with Crippen LogP contribution in [0.25, 0.3) is 0 Å². The quantitative estimate of drug-likeness (QED) is 0.870. The molecule has 1 aliphatic rings. The van der Waals surface area contributed by atoms with Gasteiger partial charge < -0.3 is 5.11 Å². The van der Waals surface area contributed by atoms with Crippen molar-refractivity contribution in [2.45, 2.75) is 29.5 Å². The second kappa shape index (κ2) is 5.41. The molecule has 1 fully saturated rings. The van der Waals surface area contributed by atoms with Crippen LogP contribution in [0.2, 0.25) is 0 Å². The van der Waals surface area contributed by atoms with Crippen LogP contribution in [0.4, 0.5) is 8.78 Å². The summed E-state index contributed by atoms with van der Waals surface area (Å²) in [6.45, 7) is 0. The van der Waals surface area contributed by atoms with Gasteiger partial charge in [0.15, 0.2) is 11.6 Å². The molecular weight excluding hydrogens is 316 g/mol. The van der Waals surface area contributed by atoms with Gasteiger partial charge >= 0.3 is 0 Å². The lowest BCUT2D eigenvalue weighted by Gasteiger charge is -2.41. The number of nitrogens with one attached hydrogen (secondary N) is 1. The maximum atomic E-state index is 13.7. The second-order valence-corrected chi connectivity index (χ2v) is 6.74. The van der Waals surface area contributed by atoms with Crippen LogP contribution in [-0.4, -0.2) is 35.5 Å². The zero-order valence-electron chi connectivity index (χ0n) is 11.2. The molecule has 0 radical (unpaired) electrons. The van der Waals surface area contributed by atoms with Gasteiger partial charge in [-0.05, 0) is 24.6 Å². The molecule has 1 aromatic heterocycles. The Balaban J connectivity index is 1.85. The summed E-state index contributed by atoms with van der Waals surface area (Å²) in [5.41, 5.74) is 0. The van der Waals surface area contributed by atoms with Gasteiger partial charge in [0.1, 0.15) is 4.90 Å². The average molecular weight is 329 g/mol. The standard InChI is InChI=1S/C13H13F2N3O3S/c14-8-3-1-4-11(12(8)15)22(20,21)17-9-7-10(19)13(9)18-6-2-5-16-18/h1-6,9-10,13,17,19H,7H2. The third-order valence-electron chi connectivity index (χ3n) is 3.64. The van der Waals surface area contributed by atoms with Crippen LogP contribution in [0.15, 0.2) is 41.6 Å². The highest BCUT2D eigenvalue weighted by Gasteiger charge is 2.44. The van der Waals surface area contributed by atoms with Crippen molar-refractivity contribution in [1.82, 2.24) is 14.5 Å². The molecule has 9 heteroatoms. The summed E-state index contributed by atoms with van der Waals surface area (Å²) < 4.78 is 55.0. The van der Waals surface area contributed by atoms with Crippen LogP contribution in [0.3, 0.4) is 0 Å². The first-order chi connectivity index (χ1) is 10.4. The van der Waals surface area contributed by atoms with Crippen LogP contribution in [0.5, 0.6) is 0 Å². The first-order valence-electron chi connectivity index (χ1n) is 6.53. The van der Waals surface area contributed by atoms with E-state index in [1.807, 2.05) is 0 Å². The molecule has 1 heterocycles. The molecule has 3 unspecified atom stereocenters. The Hall–Kier alpha value is -1.84. The second-order valence-electron chi connectivity index (χ2n) is 5.06. The van der Waals surface area contributed by atoms with Gasteiger partial charge in [0.2, 0.25) is 10.0 Å². The highest BCUT2D eigenvalue weighted by Crippen LogP contribution is 2.33. The highest BCUT2D eigenvalue weighted by atomic mass is 32.2. The van der Waals surface area contributed by atoms with E-state index < -0.39 is 44.7 Å². The van der Waals surface area contributed by atoms with Crippen molar-refractivity contribution in [2.75, 3.05) is 0 Å². The maximum absolute atomic E-state index is 13.7. The van der Waals surface area contributed by atoms with Crippen molar-refractivity contribution in [3.05, 3.63) is 48.3 Å².